The van der Waals surface area contributed by atoms with Gasteiger partial charge in [-0.15, -0.1) is 0 Å². The number of likely N-dealkylation sites (tertiary alicyclic amines) is 1. The van der Waals surface area contributed by atoms with Crippen LogP contribution in [-0.2, 0) is 0 Å². The summed E-state index contributed by atoms with van der Waals surface area (Å²) in [6.07, 6.45) is 6.45. The average Bonchev–Trinajstić information content (AvgIpc) is 3.32. The Labute approximate surface area is 136 Å². The molecule has 2 aliphatic heterocycles. The van der Waals surface area contributed by atoms with Gasteiger partial charge in [-0.1, -0.05) is 0 Å². The average molecular weight is 309 g/mol. The topological polar surface area (TPSA) is 30.0 Å². The number of hydrogen-bond donors (Lipinski definition) is 1. The SMILES string of the molecule is CC(C)N1CCC(N2CCN(CC3CC3)C[C@H]2CCO)CC1. The second-order valence-corrected chi connectivity index (χ2v) is 7.97. The number of aliphatic hydroxyl groups excluding tert-OH is 1. The fraction of sp³-hybridized carbons (Fsp3) is 1.00. The van der Waals surface area contributed by atoms with Gasteiger partial charge in [0.15, 0.2) is 0 Å². The highest BCUT2D eigenvalue weighted by atomic mass is 16.3. The normalized spacial score (nSPS) is 30.3. The van der Waals surface area contributed by atoms with Crippen LogP contribution in [-0.4, -0.2) is 83.8 Å². The van der Waals surface area contributed by atoms with Crippen LogP contribution < -0.4 is 0 Å². The maximum Gasteiger partial charge on any atom is 0.0446 e. The second kappa shape index (κ2) is 7.61. The number of rotatable bonds is 6. The molecular formula is C18H35N3O. The van der Waals surface area contributed by atoms with Gasteiger partial charge in [0.2, 0.25) is 0 Å². The fourth-order valence-electron chi connectivity index (χ4n) is 4.39. The molecular weight excluding hydrogens is 274 g/mol. The molecule has 2 heterocycles. The van der Waals surface area contributed by atoms with E-state index in [1.807, 2.05) is 0 Å². The Morgan fingerprint density at radius 2 is 1.73 bits per heavy atom. The Balaban J connectivity index is 1.53. The molecule has 0 aromatic heterocycles. The van der Waals surface area contributed by atoms with E-state index in [-0.39, 0.29) is 0 Å². The maximum absolute atomic E-state index is 9.48. The Morgan fingerprint density at radius 3 is 2.32 bits per heavy atom. The zero-order chi connectivity index (χ0) is 15.5. The summed E-state index contributed by atoms with van der Waals surface area (Å²) in [5.74, 6) is 0.982. The molecule has 4 heteroatoms. The number of nitrogens with zero attached hydrogens (tertiary/aromatic N) is 3. The molecule has 0 spiro atoms. The quantitative estimate of drug-likeness (QED) is 0.808. The van der Waals surface area contributed by atoms with E-state index < -0.39 is 0 Å². The minimum Gasteiger partial charge on any atom is -0.396 e. The predicted molar refractivity (Wildman–Crippen MR) is 91.1 cm³/mol. The van der Waals surface area contributed by atoms with Crippen LogP contribution in [0.3, 0.4) is 0 Å². The van der Waals surface area contributed by atoms with E-state index in [9.17, 15) is 5.11 Å². The van der Waals surface area contributed by atoms with Gasteiger partial charge >= 0.3 is 0 Å². The van der Waals surface area contributed by atoms with Gasteiger partial charge in [0.25, 0.3) is 0 Å². The summed E-state index contributed by atoms with van der Waals surface area (Å²) in [5, 5.41) is 9.48. The van der Waals surface area contributed by atoms with Crippen molar-refractivity contribution in [3.63, 3.8) is 0 Å². The van der Waals surface area contributed by atoms with E-state index in [0.717, 1.165) is 18.4 Å². The standard InChI is InChI=1S/C18H35N3O/c1-15(2)20-8-5-17(6-9-20)21-11-10-19(13-16-3-4-16)14-18(21)7-12-22/h15-18,22H,3-14H2,1-2H3/t18-/m1/s1. The first-order chi connectivity index (χ1) is 10.7. The lowest BCUT2D eigenvalue weighted by atomic mass is 9.97. The summed E-state index contributed by atoms with van der Waals surface area (Å²) >= 11 is 0. The van der Waals surface area contributed by atoms with Gasteiger partial charge < -0.3 is 14.9 Å². The Kier molecular flexibility index (Phi) is 5.77. The highest BCUT2D eigenvalue weighted by molar-refractivity contribution is 4.91. The molecule has 3 rings (SSSR count). The van der Waals surface area contributed by atoms with Crippen molar-refractivity contribution in [3.05, 3.63) is 0 Å². The molecule has 128 valence electrons. The van der Waals surface area contributed by atoms with Crippen LogP contribution in [0.1, 0.15) is 46.0 Å². The van der Waals surface area contributed by atoms with Crippen LogP contribution in [0.4, 0.5) is 0 Å². The van der Waals surface area contributed by atoms with Crippen LogP contribution in [0.25, 0.3) is 0 Å². The van der Waals surface area contributed by atoms with Crippen molar-refractivity contribution in [2.75, 3.05) is 45.9 Å². The Bertz CT molecular complexity index is 337. The zero-order valence-electron chi connectivity index (χ0n) is 14.6. The van der Waals surface area contributed by atoms with Gasteiger partial charge in [-0.2, -0.15) is 0 Å². The highest BCUT2D eigenvalue weighted by Crippen LogP contribution is 2.31. The molecule has 0 amide bonds. The molecule has 0 radical (unpaired) electrons. The van der Waals surface area contributed by atoms with E-state index in [2.05, 4.69) is 28.5 Å². The summed E-state index contributed by atoms with van der Waals surface area (Å²) in [5.41, 5.74) is 0. The molecule has 1 aliphatic carbocycles. The zero-order valence-corrected chi connectivity index (χ0v) is 14.6. The van der Waals surface area contributed by atoms with Crippen molar-refractivity contribution in [1.29, 1.82) is 0 Å². The summed E-state index contributed by atoms with van der Waals surface area (Å²) in [4.78, 5) is 8.02. The summed E-state index contributed by atoms with van der Waals surface area (Å²) in [7, 11) is 0. The molecule has 22 heavy (non-hydrogen) atoms. The van der Waals surface area contributed by atoms with Gasteiger partial charge in [-0.3, -0.25) is 4.90 Å². The minimum atomic E-state index is 0.337. The molecule has 0 aromatic carbocycles. The molecule has 1 saturated carbocycles. The third kappa shape index (κ3) is 4.22. The van der Waals surface area contributed by atoms with Crippen LogP contribution >= 0.6 is 0 Å². The van der Waals surface area contributed by atoms with E-state index >= 15 is 0 Å². The van der Waals surface area contributed by atoms with Crippen LogP contribution in [0.15, 0.2) is 0 Å². The fourth-order valence-corrected chi connectivity index (χ4v) is 4.39. The van der Waals surface area contributed by atoms with Crippen molar-refractivity contribution >= 4 is 0 Å². The second-order valence-electron chi connectivity index (χ2n) is 7.97. The first-order valence-electron chi connectivity index (χ1n) is 9.50. The molecule has 0 aromatic rings. The number of piperidine rings is 1. The Morgan fingerprint density at radius 1 is 1.00 bits per heavy atom. The largest absolute Gasteiger partial charge is 0.396 e. The maximum atomic E-state index is 9.48. The molecule has 0 bridgehead atoms. The summed E-state index contributed by atoms with van der Waals surface area (Å²) in [6.45, 7) is 12.4. The van der Waals surface area contributed by atoms with Gasteiger partial charge in [-0.05, 0) is 65.0 Å². The van der Waals surface area contributed by atoms with Crippen LogP contribution in [0, 0.1) is 5.92 Å². The van der Waals surface area contributed by atoms with Crippen molar-refractivity contribution < 1.29 is 5.11 Å². The lowest BCUT2D eigenvalue weighted by Crippen LogP contribution is -2.59. The van der Waals surface area contributed by atoms with Gasteiger partial charge in [-0.25, -0.2) is 0 Å². The van der Waals surface area contributed by atoms with Crippen molar-refractivity contribution in [2.24, 2.45) is 5.92 Å². The van der Waals surface area contributed by atoms with Crippen molar-refractivity contribution in [1.82, 2.24) is 14.7 Å². The van der Waals surface area contributed by atoms with E-state index in [1.54, 1.807) is 0 Å². The highest BCUT2D eigenvalue weighted by Gasteiger charge is 2.35. The van der Waals surface area contributed by atoms with E-state index in [4.69, 9.17) is 0 Å². The molecule has 3 fully saturated rings. The number of aliphatic hydroxyl groups is 1. The van der Waals surface area contributed by atoms with Crippen molar-refractivity contribution in [2.45, 2.75) is 64.1 Å². The predicted octanol–water partition coefficient (Wildman–Crippen LogP) is 1.64. The van der Waals surface area contributed by atoms with Gasteiger partial charge in [0.05, 0.1) is 0 Å². The van der Waals surface area contributed by atoms with Gasteiger partial charge in [0, 0.05) is 50.9 Å². The first kappa shape index (κ1) is 16.7. The Hall–Kier alpha value is -0.160. The van der Waals surface area contributed by atoms with Gasteiger partial charge in [0.1, 0.15) is 0 Å². The summed E-state index contributed by atoms with van der Waals surface area (Å²) < 4.78 is 0. The minimum absolute atomic E-state index is 0.337. The third-order valence-electron chi connectivity index (χ3n) is 5.99. The molecule has 0 unspecified atom stereocenters. The van der Waals surface area contributed by atoms with E-state index in [1.165, 1.54) is 65.0 Å². The third-order valence-corrected chi connectivity index (χ3v) is 5.99. The first-order valence-corrected chi connectivity index (χ1v) is 9.50. The molecule has 2 saturated heterocycles. The summed E-state index contributed by atoms with van der Waals surface area (Å²) in [6, 6.07) is 2.01. The molecule has 1 atom stereocenters. The van der Waals surface area contributed by atoms with Crippen LogP contribution in [0.2, 0.25) is 0 Å². The lowest BCUT2D eigenvalue weighted by Gasteiger charge is -2.48. The molecule has 3 aliphatic rings. The monoisotopic (exact) mass is 309 g/mol. The number of piperazine rings is 1. The smallest absolute Gasteiger partial charge is 0.0446 e. The van der Waals surface area contributed by atoms with E-state index in [0.29, 0.717) is 18.7 Å². The van der Waals surface area contributed by atoms with Crippen LogP contribution in [0.5, 0.6) is 0 Å². The number of hydrogen-bond acceptors (Lipinski definition) is 4. The lowest BCUT2D eigenvalue weighted by molar-refractivity contribution is 0.00112. The van der Waals surface area contributed by atoms with Crippen molar-refractivity contribution in [3.8, 4) is 0 Å². The molecule has 4 nitrogen and oxygen atoms in total. The molecule has 1 N–H and O–H groups in total.